The molecule has 15 aromatic carbocycles. The van der Waals surface area contributed by atoms with Crippen LogP contribution in [0.1, 0.15) is 112 Å². The Morgan fingerprint density at radius 2 is 0.673 bits per heavy atom. The summed E-state index contributed by atoms with van der Waals surface area (Å²) in [6.07, 6.45) is 0. The molecule has 3 heterocycles. The van der Waals surface area contributed by atoms with Crippen LogP contribution in [0.5, 0.6) is 0 Å². The molecule has 2 aliphatic carbocycles. The Morgan fingerprint density at radius 1 is 0.290 bits per heavy atom. The second kappa shape index (κ2) is 23.9. The zero-order chi connectivity index (χ0) is 79.4. The predicted octanol–water partition coefficient (Wildman–Crippen LogP) is 25.4. The first-order chi connectivity index (χ1) is 55.3. The summed E-state index contributed by atoms with van der Waals surface area (Å²) in [5.41, 5.74) is 30.7. The molecule has 107 heavy (non-hydrogen) atoms. The molecule has 4 heteroatoms. The Labute approximate surface area is 640 Å². The number of rotatable bonds is 8. The van der Waals surface area contributed by atoms with Gasteiger partial charge in [0.1, 0.15) is 0 Å². The fourth-order valence-electron chi connectivity index (χ4n) is 18.2. The van der Waals surface area contributed by atoms with Crippen molar-refractivity contribution < 1.29 is 11.0 Å². The highest BCUT2D eigenvalue weighted by Crippen LogP contribution is 2.64. The zero-order valence-electron chi connectivity index (χ0n) is 69.6. The summed E-state index contributed by atoms with van der Waals surface area (Å²) in [6, 6.07) is 102. The van der Waals surface area contributed by atoms with Gasteiger partial charge >= 0.3 is 0 Å². The summed E-state index contributed by atoms with van der Waals surface area (Å²) in [6.45, 7) is 20.0. The van der Waals surface area contributed by atoms with Crippen LogP contribution < -0.4 is 26.2 Å². The standard InChI is InChI=1S/C103H82BN3/c1-100(2,3)71-52-50-65(51-53-71)70-56-95-97-96(57-70)107(99-82(68-36-18-12-19-37-68)60-73(102(7,8)9)61-83(99)69-38-20-13-21-39-69)94-63-84-77-42-24-29-47-87(77)103(85-45-27-22-40-75(85)76-41-23-28-46-86(76)103)88(84)64-90(94)104(97)89-55-54-74(105-91-48-30-25-43-78(91)79-44-26-31-49-92(79)105)62-93(89)106(95)98-80(66-32-14-10-15-33-66)58-72(101(4,5)6)59-81(98)67-34-16-11-17-35-67/h10-64H,1-9H3/i25D,26D,30D,31D,43D,44D,48D,49D. The van der Waals surface area contributed by atoms with Crippen LogP contribution >= 0.6 is 0 Å². The summed E-state index contributed by atoms with van der Waals surface area (Å²) in [4.78, 5) is 5.14. The van der Waals surface area contributed by atoms with Gasteiger partial charge in [0.05, 0.1) is 38.8 Å². The second-order valence-corrected chi connectivity index (χ2v) is 32.5. The van der Waals surface area contributed by atoms with Crippen LogP contribution in [-0.2, 0) is 21.7 Å². The van der Waals surface area contributed by atoms with Crippen molar-refractivity contribution in [3.05, 3.63) is 372 Å². The monoisotopic (exact) mass is 1380 g/mol. The molecule has 512 valence electrons. The number of hydrogen-bond donors (Lipinski definition) is 0. The number of nitrogens with zero attached hydrogens (tertiary/aromatic N) is 3. The van der Waals surface area contributed by atoms with Crippen LogP contribution in [0.3, 0.4) is 0 Å². The first-order valence-electron chi connectivity index (χ1n) is 41.4. The van der Waals surface area contributed by atoms with Crippen molar-refractivity contribution in [2.75, 3.05) is 9.80 Å². The van der Waals surface area contributed by atoms with E-state index in [9.17, 15) is 11.0 Å². The van der Waals surface area contributed by atoms with E-state index in [1.54, 1.807) is 4.57 Å². The highest BCUT2D eigenvalue weighted by molar-refractivity contribution is 7.00. The molecular weight excluding hydrogens is 1290 g/mol. The van der Waals surface area contributed by atoms with E-state index in [1.165, 1.54) is 44.5 Å². The van der Waals surface area contributed by atoms with Gasteiger partial charge in [0.15, 0.2) is 0 Å². The van der Waals surface area contributed by atoms with E-state index in [1.807, 2.05) is 6.07 Å². The molecule has 1 spiro atoms. The van der Waals surface area contributed by atoms with Crippen LogP contribution in [0.15, 0.2) is 333 Å². The third-order valence-electron chi connectivity index (χ3n) is 23.3. The van der Waals surface area contributed by atoms with Crippen molar-refractivity contribution in [1.82, 2.24) is 4.57 Å². The Morgan fingerprint density at radius 3 is 1.09 bits per heavy atom. The molecule has 0 fully saturated rings. The van der Waals surface area contributed by atoms with E-state index >= 15 is 0 Å². The Balaban J connectivity index is 1.03. The lowest BCUT2D eigenvalue weighted by molar-refractivity contribution is 0.590. The molecule has 0 amide bonds. The number of hydrogen-bond acceptors (Lipinski definition) is 2. The molecule has 1 aromatic heterocycles. The van der Waals surface area contributed by atoms with E-state index in [2.05, 4.69) is 351 Å². The van der Waals surface area contributed by atoms with Gasteiger partial charge < -0.3 is 14.4 Å². The first-order valence-corrected chi connectivity index (χ1v) is 37.4. The van der Waals surface area contributed by atoms with Crippen molar-refractivity contribution in [3.8, 4) is 83.6 Å². The van der Waals surface area contributed by atoms with Crippen molar-refractivity contribution in [2.45, 2.75) is 84.0 Å². The molecule has 3 nitrogen and oxygen atoms in total. The molecular formula is C103H82BN3. The van der Waals surface area contributed by atoms with Gasteiger partial charge in [-0.05, 0) is 194 Å². The van der Waals surface area contributed by atoms with Crippen molar-refractivity contribution in [3.63, 3.8) is 0 Å². The number of aromatic nitrogens is 1. The lowest BCUT2D eigenvalue weighted by atomic mass is 9.33. The summed E-state index contributed by atoms with van der Waals surface area (Å²) < 4.78 is 78.3. The van der Waals surface area contributed by atoms with E-state index < -0.39 is 48.4 Å². The molecule has 0 unspecified atom stereocenters. The Hall–Kier alpha value is -12.2. The maximum Gasteiger partial charge on any atom is 0.252 e. The number of para-hydroxylation sites is 2. The Bertz CT molecular complexity index is 6570. The Kier molecular flexibility index (Phi) is 12.5. The van der Waals surface area contributed by atoms with Gasteiger partial charge in [0.2, 0.25) is 0 Å². The summed E-state index contributed by atoms with van der Waals surface area (Å²) in [5, 5.41) is 0.0196. The highest BCUT2D eigenvalue weighted by Gasteiger charge is 2.54. The van der Waals surface area contributed by atoms with Crippen LogP contribution in [-0.4, -0.2) is 11.3 Å². The maximum atomic E-state index is 10.00. The van der Waals surface area contributed by atoms with E-state index in [0.29, 0.717) is 5.69 Å². The minimum Gasteiger partial charge on any atom is -0.310 e. The third kappa shape index (κ3) is 9.81. The molecule has 20 rings (SSSR count). The van der Waals surface area contributed by atoms with Gasteiger partial charge in [-0.25, -0.2) is 0 Å². The number of anilines is 6. The maximum absolute atomic E-state index is 10.00. The predicted molar refractivity (Wildman–Crippen MR) is 454 cm³/mol. The van der Waals surface area contributed by atoms with Crippen molar-refractivity contribution >= 4 is 79.0 Å². The number of benzene rings is 15. The SMILES string of the molecule is [2H]c1c([2H])c([2H])c2c(c1[2H])c1c([2H])c([2H])c([2H])c([2H])c1n2-c1ccc2c(c1)N(c1c(-c3ccccc3)cc(C(C)(C)C)cc1-c1ccccc1)c1cc(-c3ccc(C(C)(C)C)cc3)cc3c1B2c1cc2c(cc1N3c1c(-c3ccccc3)cc(C(C)(C)C)cc1-c1ccccc1)-c1ccccc1C21c2ccccc2-c2ccccc21. The largest absolute Gasteiger partial charge is 0.310 e. The summed E-state index contributed by atoms with van der Waals surface area (Å²) in [7, 11) is 0. The molecule has 4 aliphatic rings. The molecule has 0 saturated carbocycles. The lowest BCUT2D eigenvalue weighted by Crippen LogP contribution is -2.61. The van der Waals surface area contributed by atoms with E-state index in [4.69, 9.17) is 0 Å². The fraction of sp³-hybridized carbons (Fsp3) is 0.126. The molecule has 0 atom stereocenters. The normalized spacial score (nSPS) is 14.7. The molecule has 0 N–H and O–H groups in total. The average molecular weight is 1380 g/mol. The van der Waals surface area contributed by atoms with Crippen molar-refractivity contribution in [1.29, 1.82) is 0 Å². The van der Waals surface area contributed by atoms with Crippen LogP contribution in [0, 0.1) is 0 Å². The third-order valence-corrected chi connectivity index (χ3v) is 23.3. The molecule has 0 radical (unpaired) electrons. The fourth-order valence-corrected chi connectivity index (χ4v) is 18.2. The lowest BCUT2D eigenvalue weighted by Gasteiger charge is -2.46. The van der Waals surface area contributed by atoms with Gasteiger partial charge in [-0.1, -0.05) is 329 Å². The summed E-state index contributed by atoms with van der Waals surface area (Å²) in [5.74, 6) is 0. The smallest absolute Gasteiger partial charge is 0.252 e. The van der Waals surface area contributed by atoms with Gasteiger partial charge in [-0.3, -0.25) is 0 Å². The van der Waals surface area contributed by atoms with E-state index in [-0.39, 0.29) is 50.1 Å². The van der Waals surface area contributed by atoms with Gasteiger partial charge in [-0.2, -0.15) is 0 Å². The van der Waals surface area contributed by atoms with Gasteiger partial charge in [-0.15, -0.1) is 0 Å². The van der Waals surface area contributed by atoms with Crippen LogP contribution in [0.4, 0.5) is 34.1 Å². The van der Waals surface area contributed by atoms with Crippen molar-refractivity contribution in [2.24, 2.45) is 0 Å². The van der Waals surface area contributed by atoms with Gasteiger partial charge in [0, 0.05) is 61.5 Å². The van der Waals surface area contributed by atoms with Crippen LogP contribution in [0.25, 0.3) is 105 Å². The summed E-state index contributed by atoms with van der Waals surface area (Å²) >= 11 is 0. The average Bonchev–Trinajstić information content (AvgIpc) is 1.54. The molecule has 16 aromatic rings. The topological polar surface area (TPSA) is 11.4 Å². The van der Waals surface area contributed by atoms with Gasteiger partial charge in [0.25, 0.3) is 6.71 Å². The second-order valence-electron chi connectivity index (χ2n) is 32.5. The minimum atomic E-state index is -0.765. The highest BCUT2D eigenvalue weighted by atomic mass is 15.2. The van der Waals surface area contributed by atoms with Crippen LogP contribution in [0.2, 0.25) is 0 Å². The minimum absolute atomic E-state index is 0.00981. The molecule has 0 bridgehead atoms. The molecule has 0 saturated heterocycles. The zero-order valence-corrected chi connectivity index (χ0v) is 61.6. The first kappa shape index (κ1) is 56.2. The molecule has 2 aliphatic heterocycles. The van der Waals surface area contributed by atoms with E-state index in [0.717, 1.165) is 123 Å². The quantitative estimate of drug-likeness (QED) is 0.141. The number of fused-ring (bicyclic) bond motifs is 17.